The number of hydrogen-bond donors (Lipinski definition) is 0. The molecule has 0 saturated heterocycles. The van der Waals surface area contributed by atoms with Crippen LogP contribution in [0.4, 0.5) is 0 Å². The first-order valence-electron chi connectivity index (χ1n) is 6.60. The van der Waals surface area contributed by atoms with Crippen molar-refractivity contribution in [1.29, 1.82) is 0 Å². The fourth-order valence-electron chi connectivity index (χ4n) is 2.12. The minimum Gasteiger partial charge on any atom is -0.182 e. The number of allylic oxidation sites excluding steroid dienone is 9. The van der Waals surface area contributed by atoms with Crippen LogP contribution in [0.5, 0.6) is 0 Å². The van der Waals surface area contributed by atoms with E-state index in [-0.39, 0.29) is 0 Å². The van der Waals surface area contributed by atoms with Crippen molar-refractivity contribution in [3.05, 3.63) is 55.6 Å². The van der Waals surface area contributed by atoms with E-state index in [1.165, 1.54) is 0 Å². The quantitative estimate of drug-likeness (QED) is 0.537. The molecule has 2 heterocycles. The lowest BCUT2D eigenvalue weighted by Crippen LogP contribution is -2.60. The normalized spacial score (nSPS) is 22.3. The molecule has 0 N–H and O–H groups in total. The summed E-state index contributed by atoms with van der Waals surface area (Å²) < 4.78 is 37.8. The molecule has 4 nitrogen and oxygen atoms in total. The zero-order chi connectivity index (χ0) is 17.2. The Kier molecular flexibility index (Phi) is 6.43. The largest absolute Gasteiger partial charge is 0.182 e. The topological polar surface area (TPSA) is 78.4 Å². The van der Waals surface area contributed by atoms with Crippen LogP contribution in [0.1, 0.15) is 20.8 Å². The second-order valence-corrected chi connectivity index (χ2v) is 10.2. The van der Waals surface area contributed by atoms with Gasteiger partial charge in [-0.2, -0.15) is 14.0 Å². The van der Waals surface area contributed by atoms with Crippen LogP contribution in [0.3, 0.4) is 0 Å². The van der Waals surface area contributed by atoms with Crippen LogP contribution in [0.25, 0.3) is 0 Å². The molecule has 0 aliphatic carbocycles. The minimum absolute atomic E-state index is 0.677. The van der Waals surface area contributed by atoms with E-state index in [4.69, 9.17) is 3.74 Å². The summed E-state index contributed by atoms with van der Waals surface area (Å²) in [5, 5.41) is 0. The second kappa shape index (κ2) is 7.76. The Morgan fingerprint density at radius 1 is 1.09 bits per heavy atom. The van der Waals surface area contributed by atoms with Crippen molar-refractivity contribution in [3.8, 4) is 0 Å². The van der Waals surface area contributed by atoms with Gasteiger partial charge in [0, 0.05) is 14.7 Å². The summed E-state index contributed by atoms with van der Waals surface area (Å²) in [5.74, 6) is 0. The molecule has 1 unspecified atom stereocenters. The first-order valence-corrected chi connectivity index (χ1v) is 11.0. The lowest BCUT2D eigenvalue weighted by atomic mass is 10.1. The predicted molar refractivity (Wildman–Crippen MR) is 92.2 cm³/mol. The van der Waals surface area contributed by atoms with E-state index in [0.717, 1.165) is 20.3 Å². The van der Waals surface area contributed by atoms with Gasteiger partial charge in [0.05, 0.1) is 10.2 Å². The molecule has 126 valence electrons. The molecule has 0 aromatic heterocycles. The number of halogens is 1. The molecule has 2 rings (SSSR count). The van der Waals surface area contributed by atoms with Crippen LogP contribution in [0.2, 0.25) is 0 Å². The van der Waals surface area contributed by atoms with E-state index in [0.29, 0.717) is 9.77 Å². The third-order valence-electron chi connectivity index (χ3n) is 2.88. The van der Waals surface area contributed by atoms with Crippen molar-refractivity contribution in [2.24, 2.45) is 0 Å². The van der Waals surface area contributed by atoms with Gasteiger partial charge in [-0.3, -0.25) is 0 Å². The molecule has 2 aliphatic rings. The Morgan fingerprint density at radius 2 is 1.70 bits per heavy atom. The average Bonchev–Trinajstić information content (AvgIpc) is 2.40. The number of thioether (sulfide) groups is 2. The molecular weight excluding hydrogens is 376 g/mol. The van der Waals surface area contributed by atoms with E-state index in [9.17, 15) is 14.0 Å². The monoisotopic (exact) mass is 392 g/mol. The van der Waals surface area contributed by atoms with Gasteiger partial charge < -0.3 is 0 Å². The standard InChI is InChI=1S/C15H17ClO4S3/c1-10-5-13(6-11(2)22-10)8-15-9-14(21-4)7-12(3)23(15)20-16(17,18)19/h5-9H,1-4H3. The Morgan fingerprint density at radius 3 is 2.22 bits per heavy atom. The maximum Gasteiger partial charge on any atom is 0.142 e. The van der Waals surface area contributed by atoms with Gasteiger partial charge in [-0.15, -0.1) is 11.8 Å². The Hall–Kier alpha value is -0.250. The first-order chi connectivity index (χ1) is 10.7. The minimum atomic E-state index is -4.49. The van der Waals surface area contributed by atoms with Gasteiger partial charge >= 0.3 is 0 Å². The summed E-state index contributed by atoms with van der Waals surface area (Å²) in [5.41, 5.74) is 0.959. The highest BCUT2D eigenvalue weighted by atomic mass is 35.7. The van der Waals surface area contributed by atoms with Crippen molar-refractivity contribution in [2.75, 3.05) is 6.26 Å². The van der Waals surface area contributed by atoms with Gasteiger partial charge in [0.1, 0.15) is 14.5 Å². The number of hydrogen-bond acceptors (Lipinski definition) is 6. The smallest absolute Gasteiger partial charge is 0.142 e. The fraction of sp³-hybridized carbons (Fsp3) is 0.267. The SMILES string of the molecule is CSC1=CC(C=C2C=C(C)SC(C)=C2)=S(O[Cl+3]([O-])([O-])[O-])C(C)=C1. The highest BCUT2D eigenvalue weighted by Crippen LogP contribution is 2.38. The van der Waals surface area contributed by atoms with E-state index in [1.807, 2.05) is 50.5 Å². The fourth-order valence-corrected chi connectivity index (χ4v) is 6.10. The van der Waals surface area contributed by atoms with Crippen LogP contribution in [0, 0.1) is 10.2 Å². The summed E-state index contributed by atoms with van der Waals surface area (Å²) in [4.78, 5) is 4.69. The maximum absolute atomic E-state index is 11.0. The first kappa shape index (κ1) is 19.1. The lowest BCUT2D eigenvalue weighted by molar-refractivity contribution is -1.91. The average molecular weight is 393 g/mol. The lowest BCUT2D eigenvalue weighted by Gasteiger charge is -2.18. The van der Waals surface area contributed by atoms with E-state index in [1.54, 1.807) is 30.4 Å². The molecule has 0 spiro atoms. The van der Waals surface area contributed by atoms with Crippen molar-refractivity contribution >= 4 is 39.2 Å². The van der Waals surface area contributed by atoms with E-state index < -0.39 is 21.0 Å². The highest BCUT2D eigenvalue weighted by Gasteiger charge is 2.27. The summed E-state index contributed by atoms with van der Waals surface area (Å²) in [6.45, 7) is 5.81. The van der Waals surface area contributed by atoms with Crippen molar-refractivity contribution in [3.63, 3.8) is 0 Å². The molecule has 8 heteroatoms. The molecule has 0 aromatic rings. The zero-order valence-electron chi connectivity index (χ0n) is 13.1. The Bertz CT molecular complexity index is 674. The predicted octanol–water partition coefficient (Wildman–Crippen LogP) is 1.90. The second-order valence-electron chi connectivity index (χ2n) is 4.87. The Labute approximate surface area is 149 Å². The molecule has 0 aromatic carbocycles. The Balaban J connectivity index is 2.52. The van der Waals surface area contributed by atoms with Crippen molar-refractivity contribution in [1.82, 2.24) is 0 Å². The van der Waals surface area contributed by atoms with Crippen LogP contribution in [-0.2, 0) is 3.74 Å². The molecule has 23 heavy (non-hydrogen) atoms. The molecular formula is C15H17ClO4S3. The van der Waals surface area contributed by atoms with Gasteiger partial charge in [0.25, 0.3) is 0 Å². The van der Waals surface area contributed by atoms with Crippen molar-refractivity contribution < 1.29 is 28.0 Å². The van der Waals surface area contributed by atoms with E-state index in [2.05, 4.69) is 0 Å². The van der Waals surface area contributed by atoms with Gasteiger partial charge in [-0.1, -0.05) is 11.8 Å². The van der Waals surface area contributed by atoms with Gasteiger partial charge in [0.15, 0.2) is 0 Å². The number of rotatable bonds is 4. The maximum atomic E-state index is 11.0. The summed E-state index contributed by atoms with van der Waals surface area (Å²) in [6, 6.07) is 0. The molecule has 0 fully saturated rings. The summed E-state index contributed by atoms with van der Waals surface area (Å²) >= 11 is 3.24. The summed E-state index contributed by atoms with van der Waals surface area (Å²) in [6.07, 6.45) is 11.6. The highest BCUT2D eigenvalue weighted by molar-refractivity contribution is 8.15. The van der Waals surface area contributed by atoms with Crippen molar-refractivity contribution in [2.45, 2.75) is 20.8 Å². The van der Waals surface area contributed by atoms with E-state index >= 15 is 0 Å². The molecule has 2 aliphatic heterocycles. The molecule has 0 radical (unpaired) electrons. The third-order valence-corrected chi connectivity index (χ3v) is 6.96. The molecule has 0 amide bonds. The molecule has 0 bridgehead atoms. The molecule has 0 saturated carbocycles. The van der Waals surface area contributed by atoms with Gasteiger partial charge in [-0.25, -0.2) is 0 Å². The van der Waals surface area contributed by atoms with Crippen LogP contribution >= 0.6 is 34.3 Å². The van der Waals surface area contributed by atoms with Crippen LogP contribution in [-0.4, -0.2) is 11.1 Å². The van der Waals surface area contributed by atoms with Crippen LogP contribution in [0.15, 0.2) is 55.6 Å². The van der Waals surface area contributed by atoms with Gasteiger partial charge in [0.2, 0.25) is 0 Å². The third kappa shape index (κ3) is 5.65. The van der Waals surface area contributed by atoms with Gasteiger partial charge in [-0.05, 0) is 72.8 Å². The van der Waals surface area contributed by atoms with Crippen LogP contribution < -0.4 is 14.0 Å². The molecule has 1 atom stereocenters. The zero-order valence-corrected chi connectivity index (χ0v) is 16.3. The summed E-state index contributed by atoms with van der Waals surface area (Å²) in [7, 11) is -5.70.